The zero-order valence-corrected chi connectivity index (χ0v) is 12.8. The van der Waals surface area contributed by atoms with E-state index in [-0.39, 0.29) is 5.91 Å². The van der Waals surface area contributed by atoms with Gasteiger partial charge >= 0.3 is 5.97 Å². The maximum absolute atomic E-state index is 12.4. The molecule has 2 N–H and O–H groups in total. The molecule has 0 spiro atoms. The predicted molar refractivity (Wildman–Crippen MR) is 81.5 cm³/mol. The van der Waals surface area contributed by atoms with Crippen molar-refractivity contribution in [3.8, 4) is 0 Å². The molecule has 0 saturated heterocycles. The second-order valence-corrected chi connectivity index (χ2v) is 6.15. The molecule has 1 unspecified atom stereocenters. The maximum atomic E-state index is 12.4. The molecule has 1 saturated carbocycles. The number of amides is 1. The van der Waals surface area contributed by atoms with E-state index in [1.54, 1.807) is 25.1 Å². The van der Waals surface area contributed by atoms with Crippen LogP contribution in [0.1, 0.15) is 50.5 Å². The number of carbonyl (C=O) groups is 2. The van der Waals surface area contributed by atoms with Gasteiger partial charge in [-0.05, 0) is 37.5 Å². The summed E-state index contributed by atoms with van der Waals surface area (Å²) in [5, 5.41) is 12.8. The van der Waals surface area contributed by atoms with Gasteiger partial charge in [-0.1, -0.05) is 43.0 Å². The summed E-state index contributed by atoms with van der Waals surface area (Å²) >= 11 is 5.94. The molecule has 1 fully saturated rings. The highest BCUT2D eigenvalue weighted by atomic mass is 35.5. The van der Waals surface area contributed by atoms with Crippen LogP contribution in [0.2, 0.25) is 5.02 Å². The van der Waals surface area contributed by atoms with Crippen LogP contribution in [0.25, 0.3) is 0 Å². The third kappa shape index (κ3) is 3.56. The Morgan fingerprint density at radius 2 is 1.95 bits per heavy atom. The molecule has 0 radical (unpaired) electrons. The van der Waals surface area contributed by atoms with Crippen LogP contribution in [0.5, 0.6) is 0 Å². The molecule has 2 rings (SSSR count). The smallest absolute Gasteiger partial charge is 0.329 e. The van der Waals surface area contributed by atoms with Gasteiger partial charge in [0.1, 0.15) is 5.54 Å². The van der Waals surface area contributed by atoms with Crippen molar-refractivity contribution in [1.29, 1.82) is 0 Å². The number of halogens is 1. The number of carbonyl (C=O) groups excluding carboxylic acids is 1. The lowest BCUT2D eigenvalue weighted by Gasteiger charge is -2.34. The highest BCUT2D eigenvalue weighted by Gasteiger charge is 2.41. The quantitative estimate of drug-likeness (QED) is 0.896. The minimum atomic E-state index is -1.11. The van der Waals surface area contributed by atoms with Gasteiger partial charge in [-0.25, -0.2) is 4.79 Å². The largest absolute Gasteiger partial charge is 0.480 e. The lowest BCUT2D eigenvalue weighted by atomic mass is 9.81. The summed E-state index contributed by atoms with van der Waals surface area (Å²) in [6.45, 7) is 1.76. The normalized spacial score (nSPS) is 18.8. The van der Waals surface area contributed by atoms with Crippen LogP contribution in [0.15, 0.2) is 24.3 Å². The average molecular weight is 310 g/mol. The maximum Gasteiger partial charge on any atom is 0.329 e. The zero-order valence-electron chi connectivity index (χ0n) is 12.1. The highest BCUT2D eigenvalue weighted by molar-refractivity contribution is 6.30. The first-order chi connectivity index (χ1) is 9.94. The lowest BCUT2D eigenvalue weighted by Crippen LogP contribution is -2.56. The summed E-state index contributed by atoms with van der Waals surface area (Å²) in [5.74, 6) is -1.63. The lowest BCUT2D eigenvalue weighted by molar-refractivity contribution is -0.149. The van der Waals surface area contributed by atoms with Crippen molar-refractivity contribution in [3.63, 3.8) is 0 Å². The standard InChI is InChI=1S/C16H20ClNO3/c1-11(12-6-5-7-13(17)10-12)14(19)18-16(15(20)21)8-3-2-4-9-16/h5-7,10-11H,2-4,8-9H2,1H3,(H,18,19)(H,20,21). The van der Waals surface area contributed by atoms with E-state index in [1.165, 1.54) is 0 Å². The van der Waals surface area contributed by atoms with E-state index in [4.69, 9.17) is 11.6 Å². The average Bonchev–Trinajstić information content (AvgIpc) is 2.47. The van der Waals surface area contributed by atoms with Gasteiger partial charge in [-0.2, -0.15) is 0 Å². The third-order valence-electron chi connectivity index (χ3n) is 4.22. The van der Waals surface area contributed by atoms with Gasteiger partial charge in [0.25, 0.3) is 0 Å². The van der Waals surface area contributed by atoms with Crippen LogP contribution in [-0.2, 0) is 9.59 Å². The van der Waals surface area contributed by atoms with Gasteiger partial charge < -0.3 is 10.4 Å². The Labute approximate surface area is 129 Å². The zero-order chi connectivity index (χ0) is 15.5. The van der Waals surface area contributed by atoms with Crippen molar-refractivity contribution in [1.82, 2.24) is 5.32 Å². The first-order valence-corrected chi connectivity index (χ1v) is 7.63. The van der Waals surface area contributed by atoms with Crippen molar-refractivity contribution in [2.45, 2.75) is 50.5 Å². The topological polar surface area (TPSA) is 66.4 Å². The van der Waals surface area contributed by atoms with Crippen molar-refractivity contribution in [3.05, 3.63) is 34.9 Å². The third-order valence-corrected chi connectivity index (χ3v) is 4.46. The molecule has 1 aliphatic rings. The number of nitrogens with one attached hydrogen (secondary N) is 1. The first kappa shape index (κ1) is 15.8. The number of aliphatic carboxylic acids is 1. The summed E-state index contributed by atoms with van der Waals surface area (Å²) in [6.07, 6.45) is 3.68. The molecule has 1 atom stereocenters. The van der Waals surface area contributed by atoms with Gasteiger partial charge in [-0.15, -0.1) is 0 Å². The van der Waals surface area contributed by atoms with E-state index in [1.807, 2.05) is 6.07 Å². The summed E-state index contributed by atoms with van der Waals surface area (Å²) in [7, 11) is 0. The summed E-state index contributed by atoms with van der Waals surface area (Å²) in [5.41, 5.74) is -0.321. The van der Waals surface area contributed by atoms with Crippen molar-refractivity contribution in [2.24, 2.45) is 0 Å². The molecule has 1 amide bonds. The van der Waals surface area contributed by atoms with Crippen molar-refractivity contribution < 1.29 is 14.7 Å². The molecular formula is C16H20ClNO3. The van der Waals surface area contributed by atoms with E-state index in [2.05, 4.69) is 5.32 Å². The Bertz CT molecular complexity index is 538. The van der Waals surface area contributed by atoms with Crippen LogP contribution in [0, 0.1) is 0 Å². The Morgan fingerprint density at radius 3 is 2.52 bits per heavy atom. The van der Waals surface area contributed by atoms with E-state index >= 15 is 0 Å². The van der Waals surface area contributed by atoms with Gasteiger partial charge in [-0.3, -0.25) is 4.79 Å². The number of carboxylic acids is 1. The number of carboxylic acid groups (broad SMARTS) is 1. The molecule has 21 heavy (non-hydrogen) atoms. The van der Waals surface area contributed by atoms with E-state index in [0.717, 1.165) is 24.8 Å². The fourth-order valence-corrected chi connectivity index (χ4v) is 3.02. The second-order valence-electron chi connectivity index (χ2n) is 5.71. The summed E-state index contributed by atoms with van der Waals surface area (Å²) in [4.78, 5) is 24.0. The number of benzene rings is 1. The van der Waals surface area contributed by atoms with Crippen LogP contribution in [-0.4, -0.2) is 22.5 Å². The highest BCUT2D eigenvalue weighted by Crippen LogP contribution is 2.30. The molecule has 0 aliphatic heterocycles. The molecule has 0 aromatic heterocycles. The Morgan fingerprint density at radius 1 is 1.29 bits per heavy atom. The Hall–Kier alpha value is -1.55. The Balaban J connectivity index is 2.13. The van der Waals surface area contributed by atoms with E-state index in [9.17, 15) is 14.7 Å². The summed E-state index contributed by atoms with van der Waals surface area (Å²) < 4.78 is 0. The summed E-state index contributed by atoms with van der Waals surface area (Å²) in [6, 6.07) is 7.09. The monoisotopic (exact) mass is 309 g/mol. The number of hydrogen-bond donors (Lipinski definition) is 2. The predicted octanol–water partition coefficient (Wildman–Crippen LogP) is 3.35. The molecular weight excluding hydrogens is 290 g/mol. The number of rotatable bonds is 4. The van der Waals surface area contributed by atoms with Gasteiger partial charge in [0.15, 0.2) is 0 Å². The fraction of sp³-hybridized carbons (Fsp3) is 0.500. The molecule has 0 heterocycles. The van der Waals surface area contributed by atoms with Crippen LogP contribution >= 0.6 is 11.6 Å². The molecule has 1 aromatic rings. The minimum Gasteiger partial charge on any atom is -0.480 e. The van der Waals surface area contributed by atoms with Crippen LogP contribution in [0.3, 0.4) is 0 Å². The van der Waals surface area contributed by atoms with Crippen LogP contribution in [0.4, 0.5) is 0 Å². The fourth-order valence-electron chi connectivity index (χ4n) is 2.82. The SMILES string of the molecule is CC(C(=O)NC1(C(=O)O)CCCCC1)c1cccc(Cl)c1. The van der Waals surface area contributed by atoms with Crippen molar-refractivity contribution >= 4 is 23.5 Å². The molecule has 114 valence electrons. The molecule has 0 bridgehead atoms. The number of hydrogen-bond acceptors (Lipinski definition) is 2. The van der Waals surface area contributed by atoms with E-state index in [0.29, 0.717) is 17.9 Å². The minimum absolute atomic E-state index is 0.262. The van der Waals surface area contributed by atoms with Gasteiger partial charge in [0, 0.05) is 5.02 Å². The molecule has 1 aromatic carbocycles. The second kappa shape index (κ2) is 6.48. The van der Waals surface area contributed by atoms with Gasteiger partial charge in [0.05, 0.1) is 5.92 Å². The molecule has 4 nitrogen and oxygen atoms in total. The van der Waals surface area contributed by atoms with Crippen LogP contribution < -0.4 is 5.32 Å². The van der Waals surface area contributed by atoms with Gasteiger partial charge in [0.2, 0.25) is 5.91 Å². The molecule has 5 heteroatoms. The molecule has 1 aliphatic carbocycles. The van der Waals surface area contributed by atoms with E-state index < -0.39 is 17.4 Å². The van der Waals surface area contributed by atoms with Crippen molar-refractivity contribution in [2.75, 3.05) is 0 Å². The first-order valence-electron chi connectivity index (χ1n) is 7.25. The Kier molecular flexibility index (Phi) is 4.88.